The maximum atomic E-state index is 13.8. The lowest BCUT2D eigenvalue weighted by molar-refractivity contribution is -0.592. The van der Waals surface area contributed by atoms with Crippen LogP contribution in [0.5, 0.6) is 0 Å². The quantitative estimate of drug-likeness (QED) is 0.240. The van der Waals surface area contributed by atoms with E-state index in [9.17, 15) is 24.0 Å². The summed E-state index contributed by atoms with van der Waals surface area (Å²) in [5, 5.41) is 4.51. The number of ether oxygens (including phenoxy) is 1. The van der Waals surface area contributed by atoms with Crippen molar-refractivity contribution in [2.24, 2.45) is 0 Å². The highest BCUT2D eigenvalue weighted by Gasteiger charge is 2.36. The van der Waals surface area contributed by atoms with Crippen molar-refractivity contribution in [1.29, 1.82) is 0 Å². The Kier molecular flexibility index (Phi) is 16.3. The van der Waals surface area contributed by atoms with E-state index in [4.69, 9.17) is 4.74 Å². The molecule has 0 atom stereocenters. The first-order valence-corrected chi connectivity index (χ1v) is 16.4. The monoisotopic (exact) mass is 637 g/mol. The zero-order chi connectivity index (χ0) is 33.4. The molecule has 14 nitrogen and oxygen atoms in total. The van der Waals surface area contributed by atoms with Crippen molar-refractivity contribution in [1.82, 2.24) is 35.4 Å². The molecule has 45 heavy (non-hydrogen) atoms. The average Bonchev–Trinajstić information content (AvgIpc) is 3.49. The van der Waals surface area contributed by atoms with Gasteiger partial charge in [-0.25, -0.2) is 4.58 Å². The summed E-state index contributed by atoms with van der Waals surface area (Å²) in [5.41, 5.74) is 2.63. The summed E-state index contributed by atoms with van der Waals surface area (Å²) >= 11 is 0. The van der Waals surface area contributed by atoms with E-state index < -0.39 is 5.54 Å². The third-order valence-electron chi connectivity index (χ3n) is 8.34. The van der Waals surface area contributed by atoms with Crippen molar-refractivity contribution < 1.29 is 33.3 Å². The van der Waals surface area contributed by atoms with Crippen molar-refractivity contribution in [3.8, 4) is 0 Å². The van der Waals surface area contributed by atoms with E-state index in [1.807, 2.05) is 50.4 Å². The molecule has 0 aromatic carbocycles. The Morgan fingerprint density at radius 1 is 0.756 bits per heavy atom. The minimum Gasteiger partial charge on any atom is -0.383 e. The van der Waals surface area contributed by atoms with Crippen LogP contribution in [-0.2, 0) is 28.7 Å². The Labute approximate surface area is 269 Å². The van der Waals surface area contributed by atoms with Gasteiger partial charge in [-0.1, -0.05) is 20.8 Å². The van der Waals surface area contributed by atoms with Gasteiger partial charge >= 0.3 is 0 Å². The number of hydrazine groups is 1. The van der Waals surface area contributed by atoms with Crippen molar-refractivity contribution in [2.45, 2.75) is 78.7 Å². The number of methoxy groups -OCH3 is 1. The number of carbonyl (C=O) groups is 5. The molecule has 2 heterocycles. The van der Waals surface area contributed by atoms with Crippen LogP contribution in [0.15, 0.2) is 0 Å². The fraction of sp³-hybridized carbons (Fsp3) is 0.806. The molecule has 2 aliphatic rings. The molecule has 2 N–H and O–H groups in total. The molecule has 2 aliphatic heterocycles. The molecule has 256 valence electrons. The van der Waals surface area contributed by atoms with Gasteiger partial charge in [0.05, 0.1) is 13.0 Å². The highest BCUT2D eigenvalue weighted by Crippen LogP contribution is 2.18. The number of nitrogens with one attached hydrogen (secondary N) is 2. The van der Waals surface area contributed by atoms with Gasteiger partial charge in [0.15, 0.2) is 13.2 Å². The fourth-order valence-corrected chi connectivity index (χ4v) is 5.47. The number of hydrogen-bond donors (Lipinski definition) is 2. The Balaban J connectivity index is 2.16. The topological polar surface area (TPSA) is 138 Å². The molecule has 0 bridgehead atoms. The zero-order valence-corrected chi connectivity index (χ0v) is 28.4. The lowest BCUT2D eigenvalue weighted by atomic mass is 9.99. The summed E-state index contributed by atoms with van der Waals surface area (Å²) < 4.78 is 6.98. The fourth-order valence-electron chi connectivity index (χ4n) is 5.47. The van der Waals surface area contributed by atoms with Crippen LogP contribution in [0.25, 0.3) is 0 Å². The van der Waals surface area contributed by atoms with E-state index in [2.05, 4.69) is 10.7 Å². The Morgan fingerprint density at radius 3 is 1.62 bits per heavy atom. The van der Waals surface area contributed by atoms with E-state index in [-0.39, 0.29) is 42.5 Å². The van der Waals surface area contributed by atoms with Crippen molar-refractivity contribution in [3.05, 3.63) is 0 Å². The summed E-state index contributed by atoms with van der Waals surface area (Å²) in [4.78, 5) is 71.5. The van der Waals surface area contributed by atoms with Gasteiger partial charge in [-0.05, 0) is 26.7 Å². The van der Waals surface area contributed by atoms with E-state index in [1.54, 1.807) is 26.8 Å². The Hall–Kier alpha value is -3.26. The molecule has 0 radical (unpaired) electrons. The molecule has 0 saturated carbocycles. The lowest BCUT2D eigenvalue weighted by Crippen LogP contribution is -2.48. The number of carbonyl (C=O) groups excluding carboxylic acids is 5. The summed E-state index contributed by atoms with van der Waals surface area (Å²) in [5.74, 6) is -0.0829. The lowest BCUT2D eigenvalue weighted by Gasteiger charge is -2.33. The van der Waals surface area contributed by atoms with Gasteiger partial charge < -0.3 is 29.7 Å². The molecule has 1 fully saturated rings. The number of amides is 5. The predicted molar refractivity (Wildman–Crippen MR) is 171 cm³/mol. The van der Waals surface area contributed by atoms with Crippen LogP contribution in [-0.4, -0.2) is 156 Å². The van der Waals surface area contributed by atoms with Crippen LogP contribution in [0, 0.1) is 0 Å². The Morgan fingerprint density at radius 2 is 1.20 bits per heavy atom. The second kappa shape index (κ2) is 19.3. The summed E-state index contributed by atoms with van der Waals surface area (Å²) in [6, 6.07) is 0. The summed E-state index contributed by atoms with van der Waals surface area (Å²) in [6.45, 7) is 14.6. The number of rotatable bonds is 11. The van der Waals surface area contributed by atoms with Gasteiger partial charge in [-0.3, -0.25) is 24.0 Å². The first kappa shape index (κ1) is 37.9. The highest BCUT2D eigenvalue weighted by atomic mass is 16.5. The maximum absolute atomic E-state index is 13.8. The molecule has 0 aromatic heterocycles. The molecule has 0 aliphatic carbocycles. The minimum atomic E-state index is -0.553. The van der Waals surface area contributed by atoms with E-state index in [0.717, 1.165) is 0 Å². The van der Waals surface area contributed by atoms with Crippen molar-refractivity contribution >= 4 is 35.9 Å². The molecule has 0 aromatic rings. The largest absolute Gasteiger partial charge is 0.383 e. The van der Waals surface area contributed by atoms with E-state index in [0.29, 0.717) is 104 Å². The van der Waals surface area contributed by atoms with Crippen LogP contribution in [0.4, 0.5) is 0 Å². The van der Waals surface area contributed by atoms with Crippen LogP contribution in [0.2, 0.25) is 0 Å². The second-order valence-electron chi connectivity index (χ2n) is 12.2. The van der Waals surface area contributed by atoms with Gasteiger partial charge in [0.1, 0.15) is 5.54 Å². The third-order valence-corrected chi connectivity index (χ3v) is 8.34. The predicted octanol–water partition coefficient (Wildman–Crippen LogP) is 0.0744. The molecule has 0 unspecified atom stereocenters. The van der Waals surface area contributed by atoms with E-state index in [1.165, 1.54) is 0 Å². The maximum Gasteiger partial charge on any atom is 0.263 e. The molecule has 0 spiro atoms. The normalized spacial score (nSPS) is 17.6. The van der Waals surface area contributed by atoms with Crippen LogP contribution < -0.4 is 10.7 Å². The van der Waals surface area contributed by atoms with Crippen molar-refractivity contribution in [2.75, 3.05) is 85.8 Å². The number of hydrogen-bond acceptors (Lipinski definition) is 8. The first-order chi connectivity index (χ1) is 21.4. The third kappa shape index (κ3) is 12.6. The van der Waals surface area contributed by atoms with E-state index >= 15 is 0 Å². The standard InChI is InChI=1S/C31H56N8O6/c1-7-27(41)34-13-10-14-36(29(43)9-3)19-20-37(16-11-15-35(18-17-34)28(42)8-2)30(44)22-31(4,5)38-24-33-39(25-38)23-26(40)32-12-21-45-6/h25,33H,7-24H2,1-6H3/p+1. The van der Waals surface area contributed by atoms with Gasteiger partial charge in [-0.2, -0.15) is 5.01 Å². The zero-order valence-electron chi connectivity index (χ0n) is 28.4. The molecular formula is C31H57N8O6+. The van der Waals surface area contributed by atoms with Crippen LogP contribution in [0.1, 0.15) is 73.1 Å². The molecule has 14 heteroatoms. The first-order valence-electron chi connectivity index (χ1n) is 16.4. The van der Waals surface area contributed by atoms with Gasteiger partial charge in [0, 0.05) is 85.3 Å². The average molecular weight is 638 g/mol. The molecule has 2 rings (SSSR count). The molecule has 1 saturated heterocycles. The smallest absolute Gasteiger partial charge is 0.263 e. The SMILES string of the molecule is CCC(=O)N1CCCN(C(=O)CC)CCN(C(=O)CC(C)(C)[N+]2=CN(CC(=O)NCCOC)NC2)CCCN(C(=O)CC)CC1. The number of nitrogens with zero attached hydrogens (tertiary/aromatic N) is 6. The highest BCUT2D eigenvalue weighted by molar-refractivity contribution is 5.80. The van der Waals surface area contributed by atoms with Gasteiger partial charge in [-0.15, -0.1) is 5.43 Å². The molecular weight excluding hydrogens is 580 g/mol. The second-order valence-corrected chi connectivity index (χ2v) is 12.2. The summed E-state index contributed by atoms with van der Waals surface area (Å²) in [6.07, 6.45) is 4.40. The van der Waals surface area contributed by atoms with Crippen LogP contribution in [0.3, 0.4) is 0 Å². The summed E-state index contributed by atoms with van der Waals surface area (Å²) in [7, 11) is 1.58. The van der Waals surface area contributed by atoms with Gasteiger partial charge in [0.25, 0.3) is 12.2 Å². The van der Waals surface area contributed by atoms with Gasteiger partial charge in [0.2, 0.25) is 23.6 Å². The Bertz CT molecular complexity index is 1040. The minimum absolute atomic E-state index is 0.0204. The van der Waals surface area contributed by atoms with Crippen LogP contribution >= 0.6 is 0 Å². The molecule has 5 amide bonds. The van der Waals surface area contributed by atoms with Crippen molar-refractivity contribution in [3.63, 3.8) is 0 Å².